The first-order valence-corrected chi connectivity index (χ1v) is 5.28. The molecular weight excluding hydrogens is 208 g/mol. The van der Waals surface area contributed by atoms with E-state index in [1.54, 1.807) is 0 Å². The predicted molar refractivity (Wildman–Crippen MR) is 60.3 cm³/mol. The molecule has 16 heavy (non-hydrogen) atoms. The fourth-order valence-electron chi connectivity index (χ4n) is 0.922. The van der Waals surface area contributed by atoms with Crippen molar-refractivity contribution < 1.29 is 9.47 Å². The monoisotopic (exact) mass is 226 g/mol. The first kappa shape index (κ1) is 12.5. The summed E-state index contributed by atoms with van der Waals surface area (Å²) in [5.74, 6) is 0.497. The van der Waals surface area contributed by atoms with Gasteiger partial charge in [-0.2, -0.15) is 9.97 Å². The predicted octanol–water partition coefficient (Wildman–Crippen LogP) is 1.28. The van der Waals surface area contributed by atoms with Crippen molar-refractivity contribution in [1.29, 1.82) is 0 Å². The van der Waals surface area contributed by atoms with Crippen molar-refractivity contribution >= 4 is 5.95 Å². The van der Waals surface area contributed by atoms with Crippen molar-refractivity contribution in [3.63, 3.8) is 0 Å². The third kappa shape index (κ3) is 4.29. The van der Waals surface area contributed by atoms with Gasteiger partial charge in [-0.3, -0.25) is 0 Å². The number of hydrogen-bond acceptors (Lipinski definition) is 6. The number of rotatable bonds is 5. The Hall–Kier alpha value is -1.59. The van der Waals surface area contributed by atoms with Gasteiger partial charge in [0.05, 0.1) is 12.7 Å². The highest BCUT2D eigenvalue weighted by Crippen LogP contribution is 2.12. The van der Waals surface area contributed by atoms with Crippen molar-refractivity contribution in [2.75, 3.05) is 12.3 Å². The molecule has 0 aliphatic heterocycles. The van der Waals surface area contributed by atoms with E-state index in [1.165, 1.54) is 0 Å². The normalized spacial score (nSPS) is 10.9. The summed E-state index contributed by atoms with van der Waals surface area (Å²) in [6, 6.07) is 0.401. The molecule has 0 unspecified atom stereocenters. The molecule has 0 amide bonds. The lowest BCUT2D eigenvalue weighted by molar-refractivity contribution is 0.208. The van der Waals surface area contributed by atoms with E-state index in [2.05, 4.69) is 15.0 Å². The van der Waals surface area contributed by atoms with Crippen LogP contribution in [0.5, 0.6) is 12.0 Å². The number of nitrogen functional groups attached to an aromatic ring is 1. The maximum Gasteiger partial charge on any atom is 0.324 e. The second-order valence-electron chi connectivity index (χ2n) is 4.13. The number of aromatic nitrogens is 3. The average Bonchev–Trinajstić information content (AvgIpc) is 2.12. The molecule has 6 heteroatoms. The van der Waals surface area contributed by atoms with Gasteiger partial charge in [-0.25, -0.2) is 0 Å². The van der Waals surface area contributed by atoms with E-state index in [4.69, 9.17) is 15.2 Å². The van der Waals surface area contributed by atoms with Crippen LogP contribution in [0, 0.1) is 5.92 Å². The van der Waals surface area contributed by atoms with Gasteiger partial charge >= 0.3 is 12.0 Å². The van der Waals surface area contributed by atoms with Crippen LogP contribution >= 0.6 is 0 Å². The summed E-state index contributed by atoms with van der Waals surface area (Å²) in [5.41, 5.74) is 5.52. The highest BCUT2D eigenvalue weighted by molar-refractivity contribution is 5.20. The second kappa shape index (κ2) is 5.48. The molecule has 0 fully saturated rings. The Labute approximate surface area is 95.2 Å². The quantitative estimate of drug-likeness (QED) is 0.814. The Morgan fingerprint density at radius 2 is 1.69 bits per heavy atom. The van der Waals surface area contributed by atoms with Gasteiger partial charge in [-0.05, 0) is 19.8 Å². The van der Waals surface area contributed by atoms with Crippen molar-refractivity contribution in [1.82, 2.24) is 15.0 Å². The fraction of sp³-hybridized carbons (Fsp3) is 0.700. The zero-order valence-electron chi connectivity index (χ0n) is 10.1. The van der Waals surface area contributed by atoms with Crippen LogP contribution in [0.2, 0.25) is 0 Å². The second-order valence-corrected chi connectivity index (χ2v) is 4.13. The van der Waals surface area contributed by atoms with Crippen molar-refractivity contribution in [3.05, 3.63) is 0 Å². The smallest absolute Gasteiger partial charge is 0.324 e. The summed E-state index contributed by atoms with van der Waals surface area (Å²) in [6.45, 7) is 8.37. The topological polar surface area (TPSA) is 83.2 Å². The standard InChI is InChI=1S/C10H18N4O2/c1-6(2)5-15-9-12-8(11)13-10(14-9)16-7(3)4/h6-7H,5H2,1-4H3,(H2,11,12,13,14). The summed E-state index contributed by atoms with van der Waals surface area (Å²) in [5, 5.41) is 0. The maximum absolute atomic E-state index is 5.52. The zero-order valence-corrected chi connectivity index (χ0v) is 10.1. The Kier molecular flexibility index (Phi) is 4.28. The van der Waals surface area contributed by atoms with Gasteiger partial charge in [-0.15, -0.1) is 4.98 Å². The van der Waals surface area contributed by atoms with E-state index >= 15 is 0 Å². The average molecular weight is 226 g/mol. The van der Waals surface area contributed by atoms with E-state index < -0.39 is 0 Å². The van der Waals surface area contributed by atoms with E-state index in [0.29, 0.717) is 12.5 Å². The Balaban J connectivity index is 2.73. The summed E-state index contributed by atoms with van der Waals surface area (Å²) in [6.07, 6.45) is -0.0141. The SMILES string of the molecule is CC(C)COc1nc(N)nc(OC(C)C)n1. The molecule has 1 rings (SSSR count). The molecule has 0 saturated carbocycles. The minimum Gasteiger partial charge on any atom is -0.463 e. The molecule has 0 aliphatic rings. The molecule has 1 heterocycles. The van der Waals surface area contributed by atoms with Gasteiger partial charge in [0.1, 0.15) is 0 Å². The molecule has 0 aromatic carbocycles. The first-order valence-electron chi connectivity index (χ1n) is 5.28. The third-order valence-corrected chi connectivity index (χ3v) is 1.50. The van der Waals surface area contributed by atoms with Crippen LogP contribution in [-0.2, 0) is 0 Å². The summed E-state index contributed by atoms with van der Waals surface area (Å²) in [7, 11) is 0. The van der Waals surface area contributed by atoms with E-state index in [1.807, 2.05) is 27.7 Å². The number of nitrogens with zero attached hydrogens (tertiary/aromatic N) is 3. The third-order valence-electron chi connectivity index (χ3n) is 1.50. The van der Waals surface area contributed by atoms with E-state index in [9.17, 15) is 0 Å². The van der Waals surface area contributed by atoms with Crippen LogP contribution in [-0.4, -0.2) is 27.7 Å². The maximum atomic E-state index is 5.52. The molecular formula is C10H18N4O2. The fourth-order valence-corrected chi connectivity index (χ4v) is 0.922. The minimum atomic E-state index is -0.0141. The van der Waals surface area contributed by atoms with Gasteiger partial charge in [0.2, 0.25) is 5.95 Å². The summed E-state index contributed by atoms with van der Waals surface area (Å²) >= 11 is 0. The first-order chi connectivity index (χ1) is 7.47. The lowest BCUT2D eigenvalue weighted by Crippen LogP contribution is -2.13. The summed E-state index contributed by atoms with van der Waals surface area (Å²) in [4.78, 5) is 11.7. The Bertz CT molecular complexity index is 342. The molecule has 0 bridgehead atoms. The van der Waals surface area contributed by atoms with E-state index in [0.717, 1.165) is 0 Å². The molecule has 0 saturated heterocycles. The van der Waals surface area contributed by atoms with Crippen molar-refractivity contribution in [2.24, 2.45) is 5.92 Å². The lowest BCUT2D eigenvalue weighted by atomic mass is 10.2. The highest BCUT2D eigenvalue weighted by atomic mass is 16.5. The van der Waals surface area contributed by atoms with Crippen LogP contribution < -0.4 is 15.2 Å². The summed E-state index contributed by atoms with van der Waals surface area (Å²) < 4.78 is 10.7. The molecule has 0 atom stereocenters. The Morgan fingerprint density at radius 1 is 1.06 bits per heavy atom. The largest absolute Gasteiger partial charge is 0.463 e. The van der Waals surface area contributed by atoms with Crippen molar-refractivity contribution in [2.45, 2.75) is 33.8 Å². The number of nitrogens with two attached hydrogens (primary N) is 1. The molecule has 90 valence electrons. The van der Waals surface area contributed by atoms with Crippen LogP contribution in [0.15, 0.2) is 0 Å². The van der Waals surface area contributed by atoms with Gasteiger partial charge in [0.25, 0.3) is 0 Å². The number of ether oxygens (including phenoxy) is 2. The van der Waals surface area contributed by atoms with E-state index in [-0.39, 0.29) is 24.1 Å². The number of anilines is 1. The number of hydrogen-bond donors (Lipinski definition) is 1. The molecule has 1 aromatic heterocycles. The van der Waals surface area contributed by atoms with Crippen LogP contribution in [0.4, 0.5) is 5.95 Å². The van der Waals surface area contributed by atoms with Gasteiger partial charge in [0, 0.05) is 0 Å². The minimum absolute atomic E-state index is 0.0141. The zero-order chi connectivity index (χ0) is 12.1. The molecule has 2 N–H and O–H groups in total. The van der Waals surface area contributed by atoms with Gasteiger partial charge in [-0.1, -0.05) is 13.8 Å². The Morgan fingerprint density at radius 3 is 2.25 bits per heavy atom. The van der Waals surface area contributed by atoms with Gasteiger partial charge < -0.3 is 15.2 Å². The highest BCUT2D eigenvalue weighted by Gasteiger charge is 2.08. The van der Waals surface area contributed by atoms with Crippen LogP contribution in [0.25, 0.3) is 0 Å². The lowest BCUT2D eigenvalue weighted by Gasteiger charge is -2.10. The molecule has 0 aliphatic carbocycles. The molecule has 0 radical (unpaired) electrons. The van der Waals surface area contributed by atoms with Crippen LogP contribution in [0.1, 0.15) is 27.7 Å². The van der Waals surface area contributed by atoms with Crippen molar-refractivity contribution in [3.8, 4) is 12.0 Å². The molecule has 6 nitrogen and oxygen atoms in total. The van der Waals surface area contributed by atoms with Gasteiger partial charge in [0.15, 0.2) is 0 Å². The molecule has 1 aromatic rings. The molecule has 0 spiro atoms. The van der Waals surface area contributed by atoms with Crippen LogP contribution in [0.3, 0.4) is 0 Å².